The molecule has 0 unspecified atom stereocenters. The van der Waals surface area contributed by atoms with E-state index >= 15 is 0 Å². The molecule has 0 aromatic heterocycles. The smallest absolute Gasteiger partial charge is 0.181 e. The summed E-state index contributed by atoms with van der Waals surface area (Å²) in [5.74, 6) is 1.03. The Labute approximate surface area is 151 Å². The Hall–Kier alpha value is -1.69. The predicted molar refractivity (Wildman–Crippen MR) is 93.4 cm³/mol. The van der Waals surface area contributed by atoms with Gasteiger partial charge in [0, 0.05) is 17.7 Å². The van der Waals surface area contributed by atoms with Crippen LogP contribution in [0.25, 0.3) is 0 Å². The van der Waals surface area contributed by atoms with Crippen molar-refractivity contribution in [3.63, 3.8) is 0 Å². The lowest BCUT2D eigenvalue weighted by Crippen LogP contribution is -2.15. The zero-order chi connectivity index (χ0) is 16.4. The topological polar surface area (TPSA) is 53.7 Å². The Morgan fingerprint density at radius 3 is 2.62 bits per heavy atom. The molecule has 0 fully saturated rings. The minimum absolute atomic E-state index is 0. The third kappa shape index (κ3) is 3.69. The summed E-state index contributed by atoms with van der Waals surface area (Å²) in [5, 5.41) is 0.185. The molecule has 1 atom stereocenters. The van der Waals surface area contributed by atoms with Gasteiger partial charge in [-0.25, -0.2) is 4.39 Å². The molecule has 0 saturated carbocycles. The van der Waals surface area contributed by atoms with Gasteiger partial charge in [0.25, 0.3) is 0 Å². The van der Waals surface area contributed by atoms with Crippen LogP contribution in [0.5, 0.6) is 23.0 Å². The molecule has 0 aliphatic carbocycles. The zero-order valence-corrected chi connectivity index (χ0v) is 14.6. The summed E-state index contributed by atoms with van der Waals surface area (Å²) in [5.41, 5.74) is 6.30. The lowest BCUT2D eigenvalue weighted by Gasteiger charge is -2.19. The Bertz CT molecular complexity index is 727. The van der Waals surface area contributed by atoms with Crippen molar-refractivity contribution in [2.75, 3.05) is 13.2 Å². The molecule has 130 valence electrons. The minimum atomic E-state index is -0.540. The summed E-state index contributed by atoms with van der Waals surface area (Å²) in [6.45, 7) is 2.86. The third-order valence-corrected chi connectivity index (χ3v) is 3.95. The van der Waals surface area contributed by atoms with E-state index in [2.05, 4.69) is 0 Å². The summed E-state index contributed by atoms with van der Waals surface area (Å²) in [4.78, 5) is 0. The molecule has 1 aliphatic rings. The molecule has 2 N–H and O–H groups in total. The average Bonchev–Trinajstić information content (AvgIpc) is 2.58. The minimum Gasteiger partial charge on any atom is -0.486 e. The van der Waals surface area contributed by atoms with Gasteiger partial charge >= 0.3 is 0 Å². The molecule has 4 nitrogen and oxygen atoms in total. The normalized spacial score (nSPS) is 13.8. The van der Waals surface area contributed by atoms with Crippen molar-refractivity contribution in [3.05, 3.63) is 46.7 Å². The van der Waals surface area contributed by atoms with Crippen LogP contribution >= 0.6 is 24.0 Å². The Morgan fingerprint density at radius 2 is 1.92 bits per heavy atom. The summed E-state index contributed by atoms with van der Waals surface area (Å²) in [6, 6.07) is 7.81. The highest BCUT2D eigenvalue weighted by atomic mass is 35.5. The number of halogens is 3. The molecular weight excluding hydrogens is 356 g/mol. The van der Waals surface area contributed by atoms with Gasteiger partial charge in [-0.3, -0.25) is 0 Å². The summed E-state index contributed by atoms with van der Waals surface area (Å²) < 4.78 is 31.2. The molecule has 2 aromatic rings. The SMILES string of the molecule is CC[C@@H](N)c1ccc(Cl)c(Oc2ccc3c(c2)OCCO3)c1F.Cl. The maximum atomic E-state index is 14.7. The summed E-state index contributed by atoms with van der Waals surface area (Å²) >= 11 is 6.08. The fraction of sp³-hybridized carbons (Fsp3) is 0.294. The van der Waals surface area contributed by atoms with E-state index in [4.69, 9.17) is 31.5 Å². The molecule has 2 aromatic carbocycles. The number of hydrogen-bond acceptors (Lipinski definition) is 4. The zero-order valence-electron chi connectivity index (χ0n) is 13.1. The Morgan fingerprint density at radius 1 is 1.21 bits per heavy atom. The largest absolute Gasteiger partial charge is 0.486 e. The fourth-order valence-corrected chi connectivity index (χ4v) is 2.54. The van der Waals surface area contributed by atoms with Crippen molar-refractivity contribution in [1.29, 1.82) is 0 Å². The molecule has 24 heavy (non-hydrogen) atoms. The van der Waals surface area contributed by atoms with E-state index in [1.807, 2.05) is 6.92 Å². The van der Waals surface area contributed by atoms with Crippen LogP contribution in [0.2, 0.25) is 5.02 Å². The molecule has 7 heteroatoms. The molecule has 0 bridgehead atoms. The van der Waals surface area contributed by atoms with E-state index in [0.717, 1.165) is 0 Å². The summed E-state index contributed by atoms with van der Waals surface area (Å²) in [7, 11) is 0. The molecule has 0 radical (unpaired) electrons. The number of hydrogen-bond donors (Lipinski definition) is 1. The van der Waals surface area contributed by atoms with E-state index in [-0.39, 0.29) is 23.2 Å². The van der Waals surface area contributed by atoms with Crippen molar-refractivity contribution in [2.24, 2.45) is 5.73 Å². The maximum Gasteiger partial charge on any atom is 0.181 e. The van der Waals surface area contributed by atoms with Crippen LogP contribution < -0.4 is 19.9 Å². The van der Waals surface area contributed by atoms with Crippen LogP contribution in [0, 0.1) is 5.82 Å². The lowest BCUT2D eigenvalue weighted by molar-refractivity contribution is 0.171. The van der Waals surface area contributed by atoms with Gasteiger partial charge in [-0.2, -0.15) is 0 Å². The van der Waals surface area contributed by atoms with Gasteiger partial charge in [0.05, 0.1) is 5.02 Å². The van der Waals surface area contributed by atoms with Gasteiger partial charge < -0.3 is 19.9 Å². The number of ether oxygens (including phenoxy) is 3. The first-order valence-electron chi connectivity index (χ1n) is 7.41. The Kier molecular flexibility index (Phi) is 6.15. The van der Waals surface area contributed by atoms with Gasteiger partial charge in [-0.05, 0) is 24.6 Å². The maximum absolute atomic E-state index is 14.7. The second kappa shape index (κ2) is 7.92. The van der Waals surface area contributed by atoms with Crippen LogP contribution in [0.15, 0.2) is 30.3 Å². The number of benzene rings is 2. The van der Waals surface area contributed by atoms with Crippen molar-refractivity contribution in [1.82, 2.24) is 0 Å². The molecule has 0 saturated heterocycles. The van der Waals surface area contributed by atoms with Crippen LogP contribution in [-0.2, 0) is 0 Å². The van der Waals surface area contributed by atoms with Gasteiger partial charge in [-0.15, -0.1) is 12.4 Å². The monoisotopic (exact) mass is 373 g/mol. The van der Waals surface area contributed by atoms with E-state index in [9.17, 15) is 4.39 Å². The average molecular weight is 374 g/mol. The highest BCUT2D eigenvalue weighted by Crippen LogP contribution is 2.39. The first kappa shape index (κ1) is 18.6. The molecular formula is C17H18Cl2FNO3. The second-order valence-electron chi connectivity index (χ2n) is 5.20. The van der Waals surface area contributed by atoms with Crippen LogP contribution in [-0.4, -0.2) is 13.2 Å². The molecule has 1 aliphatic heterocycles. The molecule has 1 heterocycles. The van der Waals surface area contributed by atoms with E-state index in [1.54, 1.807) is 30.3 Å². The first-order valence-corrected chi connectivity index (χ1v) is 7.79. The quantitative estimate of drug-likeness (QED) is 0.829. The summed E-state index contributed by atoms with van der Waals surface area (Å²) in [6.07, 6.45) is 0.613. The van der Waals surface area contributed by atoms with Crippen molar-refractivity contribution < 1.29 is 18.6 Å². The fourth-order valence-electron chi connectivity index (χ4n) is 2.35. The van der Waals surface area contributed by atoms with E-state index < -0.39 is 11.9 Å². The molecule has 3 rings (SSSR count). The van der Waals surface area contributed by atoms with Crippen LogP contribution in [0.3, 0.4) is 0 Å². The highest BCUT2D eigenvalue weighted by molar-refractivity contribution is 6.32. The third-order valence-electron chi connectivity index (χ3n) is 3.65. The number of rotatable bonds is 4. The Balaban J connectivity index is 0.00000208. The van der Waals surface area contributed by atoms with Crippen molar-refractivity contribution >= 4 is 24.0 Å². The lowest BCUT2D eigenvalue weighted by atomic mass is 10.0. The number of nitrogens with two attached hydrogens (primary N) is 1. The van der Waals surface area contributed by atoms with Crippen LogP contribution in [0.4, 0.5) is 4.39 Å². The second-order valence-corrected chi connectivity index (χ2v) is 5.61. The van der Waals surface area contributed by atoms with Gasteiger partial charge in [0.1, 0.15) is 19.0 Å². The van der Waals surface area contributed by atoms with E-state index in [1.165, 1.54) is 0 Å². The van der Waals surface area contributed by atoms with Crippen molar-refractivity contribution in [2.45, 2.75) is 19.4 Å². The van der Waals surface area contributed by atoms with E-state index in [0.29, 0.717) is 42.4 Å². The predicted octanol–water partition coefficient (Wildman–Crippen LogP) is 4.87. The molecule has 0 spiro atoms. The van der Waals surface area contributed by atoms with Gasteiger partial charge in [0.15, 0.2) is 23.1 Å². The number of fused-ring (bicyclic) bond motifs is 1. The van der Waals surface area contributed by atoms with Crippen LogP contribution in [0.1, 0.15) is 24.9 Å². The molecule has 0 amide bonds. The first-order chi connectivity index (χ1) is 11.1. The standard InChI is InChI=1S/C17H17ClFNO3.ClH/c1-2-13(20)11-4-5-12(18)17(16(11)19)23-10-3-6-14-15(9-10)22-8-7-21-14;/h3-6,9,13H,2,7-8,20H2,1H3;1H/t13-;/m1./s1. The van der Waals surface area contributed by atoms with Gasteiger partial charge in [-0.1, -0.05) is 24.6 Å². The highest BCUT2D eigenvalue weighted by Gasteiger charge is 2.19. The van der Waals surface area contributed by atoms with Crippen molar-refractivity contribution in [3.8, 4) is 23.0 Å². The van der Waals surface area contributed by atoms with Gasteiger partial charge in [0.2, 0.25) is 0 Å².